The molecule has 2 atom stereocenters. The smallest absolute Gasteiger partial charge is 0.220 e. The summed E-state index contributed by atoms with van der Waals surface area (Å²) in [5.74, 6) is 1.61. The molecular weight excluding hydrogens is 164 g/mol. The van der Waals surface area contributed by atoms with E-state index in [1.807, 2.05) is 0 Å². The molecule has 3 nitrogen and oxygen atoms in total. The highest BCUT2D eigenvalue weighted by atomic mass is 16.1. The molecule has 0 bridgehead atoms. The monoisotopic (exact) mass is 180 g/mol. The van der Waals surface area contributed by atoms with Crippen LogP contribution < -0.4 is 10.6 Å². The molecule has 0 spiro atoms. The van der Waals surface area contributed by atoms with Crippen LogP contribution in [0.25, 0.3) is 0 Å². The molecule has 0 aromatic rings. The fourth-order valence-electron chi connectivity index (χ4n) is 2.12. The van der Waals surface area contributed by atoms with Gasteiger partial charge in [0.05, 0.1) is 0 Å². The maximum absolute atomic E-state index is 11.3. The van der Waals surface area contributed by atoms with Gasteiger partial charge in [-0.05, 0) is 18.3 Å². The maximum atomic E-state index is 11.3. The van der Waals surface area contributed by atoms with Crippen molar-refractivity contribution in [1.29, 1.82) is 0 Å². The fraction of sp³-hybridized carbons (Fsp3) is 0.700. The van der Waals surface area contributed by atoms with E-state index in [-0.39, 0.29) is 5.91 Å². The number of allylic oxidation sites excluding steroid dienone is 1. The molecule has 2 fully saturated rings. The number of rotatable bonds is 4. The molecule has 13 heavy (non-hydrogen) atoms. The molecule has 1 heterocycles. The maximum Gasteiger partial charge on any atom is 0.220 e. The zero-order chi connectivity index (χ0) is 9.26. The lowest BCUT2D eigenvalue weighted by atomic mass is 10.3. The Morgan fingerprint density at radius 2 is 2.23 bits per heavy atom. The second-order valence-corrected chi connectivity index (χ2v) is 3.91. The SMILES string of the molecule is C=CCCC(=O)NC1C2CNCC21. The second-order valence-electron chi connectivity index (χ2n) is 3.91. The number of nitrogens with one attached hydrogen (secondary N) is 2. The second kappa shape index (κ2) is 3.50. The Labute approximate surface area is 78.6 Å². The quantitative estimate of drug-likeness (QED) is 0.610. The number of fused-ring (bicyclic) bond motifs is 1. The molecule has 2 N–H and O–H groups in total. The molecular formula is C10H16N2O. The lowest BCUT2D eigenvalue weighted by Crippen LogP contribution is -2.32. The lowest BCUT2D eigenvalue weighted by molar-refractivity contribution is -0.121. The molecule has 1 aliphatic carbocycles. The van der Waals surface area contributed by atoms with Crippen LogP contribution in [0, 0.1) is 11.8 Å². The highest BCUT2D eigenvalue weighted by molar-refractivity contribution is 5.76. The van der Waals surface area contributed by atoms with Gasteiger partial charge >= 0.3 is 0 Å². The average molecular weight is 180 g/mol. The first-order chi connectivity index (χ1) is 6.33. The first kappa shape index (κ1) is 8.75. The number of carbonyl (C=O) groups is 1. The summed E-state index contributed by atoms with van der Waals surface area (Å²) in [5.41, 5.74) is 0. The summed E-state index contributed by atoms with van der Waals surface area (Å²) < 4.78 is 0. The summed E-state index contributed by atoms with van der Waals surface area (Å²) in [6.07, 6.45) is 3.16. The number of piperidine rings is 1. The zero-order valence-corrected chi connectivity index (χ0v) is 7.75. The van der Waals surface area contributed by atoms with E-state index in [2.05, 4.69) is 17.2 Å². The molecule has 1 saturated heterocycles. The molecule has 3 heteroatoms. The van der Waals surface area contributed by atoms with E-state index in [4.69, 9.17) is 0 Å². The summed E-state index contributed by atoms with van der Waals surface area (Å²) >= 11 is 0. The highest BCUT2D eigenvalue weighted by Gasteiger charge is 2.53. The summed E-state index contributed by atoms with van der Waals surface area (Å²) in [6.45, 7) is 5.76. The van der Waals surface area contributed by atoms with Crippen LogP contribution in [0.4, 0.5) is 0 Å². The predicted octanol–water partition coefficient (Wildman–Crippen LogP) is 0.287. The van der Waals surface area contributed by atoms with Gasteiger partial charge in [0.25, 0.3) is 0 Å². The van der Waals surface area contributed by atoms with Gasteiger partial charge in [-0.1, -0.05) is 6.08 Å². The third kappa shape index (κ3) is 1.75. The van der Waals surface area contributed by atoms with Crippen molar-refractivity contribution in [2.75, 3.05) is 13.1 Å². The number of carbonyl (C=O) groups excluding carboxylic acids is 1. The Morgan fingerprint density at radius 3 is 2.85 bits per heavy atom. The van der Waals surface area contributed by atoms with Gasteiger partial charge in [-0.2, -0.15) is 0 Å². The van der Waals surface area contributed by atoms with Gasteiger partial charge in [-0.3, -0.25) is 4.79 Å². The third-order valence-electron chi connectivity index (χ3n) is 2.99. The summed E-state index contributed by atoms with van der Waals surface area (Å²) in [6, 6.07) is 0.471. The van der Waals surface area contributed by atoms with Crippen LogP contribution in [0.1, 0.15) is 12.8 Å². The average Bonchev–Trinajstić information content (AvgIpc) is 2.63. The van der Waals surface area contributed by atoms with Crippen LogP contribution in [0.2, 0.25) is 0 Å². The minimum absolute atomic E-state index is 0.180. The lowest BCUT2D eigenvalue weighted by Gasteiger charge is -2.06. The van der Waals surface area contributed by atoms with Crippen LogP contribution in [0.5, 0.6) is 0 Å². The van der Waals surface area contributed by atoms with Crippen LogP contribution in [0.3, 0.4) is 0 Å². The van der Waals surface area contributed by atoms with Gasteiger partial charge < -0.3 is 10.6 Å². The first-order valence-electron chi connectivity index (χ1n) is 4.94. The van der Waals surface area contributed by atoms with Crippen LogP contribution in [0.15, 0.2) is 12.7 Å². The Bertz CT molecular complexity index is 217. The van der Waals surface area contributed by atoms with Gasteiger partial charge in [0.2, 0.25) is 5.91 Å². The summed E-state index contributed by atoms with van der Waals surface area (Å²) in [5, 5.41) is 6.36. The van der Waals surface area contributed by atoms with E-state index < -0.39 is 0 Å². The van der Waals surface area contributed by atoms with Crippen molar-refractivity contribution >= 4 is 5.91 Å². The van der Waals surface area contributed by atoms with E-state index in [1.54, 1.807) is 6.08 Å². The predicted molar refractivity (Wildman–Crippen MR) is 51.2 cm³/mol. The zero-order valence-electron chi connectivity index (χ0n) is 7.75. The fourth-order valence-corrected chi connectivity index (χ4v) is 2.12. The van der Waals surface area contributed by atoms with Crippen molar-refractivity contribution in [2.45, 2.75) is 18.9 Å². The Morgan fingerprint density at radius 1 is 1.54 bits per heavy atom. The number of amides is 1. The van der Waals surface area contributed by atoms with E-state index in [1.165, 1.54) is 0 Å². The van der Waals surface area contributed by atoms with Gasteiger partial charge in [0.1, 0.15) is 0 Å². The molecule has 72 valence electrons. The Hall–Kier alpha value is -0.830. The topological polar surface area (TPSA) is 41.1 Å². The van der Waals surface area contributed by atoms with Crippen molar-refractivity contribution < 1.29 is 4.79 Å². The molecule has 1 saturated carbocycles. The minimum Gasteiger partial charge on any atom is -0.353 e. The minimum atomic E-state index is 0.180. The van der Waals surface area contributed by atoms with Gasteiger partial charge in [-0.25, -0.2) is 0 Å². The van der Waals surface area contributed by atoms with Crippen LogP contribution in [-0.4, -0.2) is 25.0 Å². The molecule has 2 unspecified atom stereocenters. The number of hydrogen-bond acceptors (Lipinski definition) is 2. The molecule has 0 radical (unpaired) electrons. The largest absolute Gasteiger partial charge is 0.353 e. The van der Waals surface area contributed by atoms with E-state index in [9.17, 15) is 4.79 Å². The van der Waals surface area contributed by atoms with E-state index in [0.717, 1.165) is 19.5 Å². The molecule has 1 aliphatic heterocycles. The summed E-state index contributed by atoms with van der Waals surface area (Å²) in [4.78, 5) is 11.3. The molecule has 1 amide bonds. The van der Waals surface area contributed by atoms with Crippen molar-refractivity contribution in [1.82, 2.24) is 10.6 Å². The normalized spacial score (nSPS) is 35.2. The van der Waals surface area contributed by atoms with Gasteiger partial charge in [0, 0.05) is 25.6 Å². The molecule has 0 aromatic carbocycles. The van der Waals surface area contributed by atoms with Crippen LogP contribution >= 0.6 is 0 Å². The molecule has 2 aliphatic rings. The van der Waals surface area contributed by atoms with Crippen molar-refractivity contribution in [3.8, 4) is 0 Å². The third-order valence-corrected chi connectivity index (χ3v) is 2.99. The Balaban J connectivity index is 1.68. The number of hydrogen-bond donors (Lipinski definition) is 2. The standard InChI is InChI=1S/C10H16N2O/c1-2-3-4-9(13)12-10-7-5-11-6-8(7)10/h2,7-8,10-11H,1,3-6H2,(H,12,13). The molecule has 2 rings (SSSR count). The van der Waals surface area contributed by atoms with Gasteiger partial charge in [0.15, 0.2) is 0 Å². The first-order valence-corrected chi connectivity index (χ1v) is 4.94. The van der Waals surface area contributed by atoms with Gasteiger partial charge in [-0.15, -0.1) is 6.58 Å². The van der Waals surface area contributed by atoms with E-state index >= 15 is 0 Å². The Kier molecular flexibility index (Phi) is 2.36. The van der Waals surface area contributed by atoms with Crippen LogP contribution in [-0.2, 0) is 4.79 Å². The van der Waals surface area contributed by atoms with Crippen molar-refractivity contribution in [2.24, 2.45) is 11.8 Å². The van der Waals surface area contributed by atoms with Crippen molar-refractivity contribution in [3.05, 3.63) is 12.7 Å². The van der Waals surface area contributed by atoms with E-state index in [0.29, 0.717) is 24.3 Å². The summed E-state index contributed by atoms with van der Waals surface area (Å²) in [7, 11) is 0. The molecule has 0 aromatic heterocycles. The highest BCUT2D eigenvalue weighted by Crippen LogP contribution is 2.41. The van der Waals surface area contributed by atoms with Crippen molar-refractivity contribution in [3.63, 3.8) is 0 Å².